The summed E-state index contributed by atoms with van der Waals surface area (Å²) < 4.78 is 0. The van der Waals surface area contributed by atoms with Gasteiger partial charge in [-0.25, -0.2) is 0 Å². The molecule has 1 nitrogen and oxygen atoms in total. The number of allylic oxidation sites excluding steroid dienone is 5. The van der Waals surface area contributed by atoms with Crippen molar-refractivity contribution in [2.24, 2.45) is 0 Å². The molecular formula is C14H17N. The molecule has 1 heteroatoms. The molecule has 1 rings (SSSR count). The van der Waals surface area contributed by atoms with Crippen molar-refractivity contribution in [1.82, 2.24) is 0 Å². The fourth-order valence-electron chi connectivity index (χ4n) is 1.27. The van der Waals surface area contributed by atoms with Gasteiger partial charge >= 0.3 is 0 Å². The van der Waals surface area contributed by atoms with Gasteiger partial charge in [-0.15, -0.1) is 0 Å². The fraction of sp³-hybridized carbons (Fsp3) is 0.143. The SMILES string of the molecule is C/C=C/C=C\C=C/c1ccccc1NC. The Labute approximate surface area is 91.8 Å². The second kappa shape index (κ2) is 6.66. The fourth-order valence-corrected chi connectivity index (χ4v) is 1.27. The standard InChI is InChI=1S/C14H17N/c1-3-4-5-6-7-10-13-11-8-9-12-14(13)15-2/h3-12,15H,1-2H3/b4-3+,6-5-,10-7-. The third-order valence-electron chi connectivity index (χ3n) is 2.03. The zero-order valence-electron chi connectivity index (χ0n) is 9.27. The van der Waals surface area contributed by atoms with E-state index in [0.29, 0.717) is 0 Å². The van der Waals surface area contributed by atoms with Crippen molar-refractivity contribution in [3.05, 3.63) is 60.2 Å². The molecule has 0 aromatic heterocycles. The molecule has 0 fully saturated rings. The maximum Gasteiger partial charge on any atom is 0.0411 e. The summed E-state index contributed by atoms with van der Waals surface area (Å²) in [4.78, 5) is 0. The van der Waals surface area contributed by atoms with Crippen molar-refractivity contribution in [3.8, 4) is 0 Å². The Hall–Kier alpha value is -1.76. The summed E-state index contributed by atoms with van der Waals surface area (Å²) in [5.74, 6) is 0. The van der Waals surface area contributed by atoms with E-state index in [0.717, 1.165) is 5.69 Å². The minimum Gasteiger partial charge on any atom is -0.388 e. The highest BCUT2D eigenvalue weighted by Gasteiger charge is 1.92. The van der Waals surface area contributed by atoms with E-state index in [-0.39, 0.29) is 0 Å². The van der Waals surface area contributed by atoms with Gasteiger partial charge in [-0.2, -0.15) is 0 Å². The Morgan fingerprint density at radius 1 is 1.00 bits per heavy atom. The van der Waals surface area contributed by atoms with Gasteiger partial charge in [0, 0.05) is 12.7 Å². The van der Waals surface area contributed by atoms with Crippen LogP contribution in [0.3, 0.4) is 0 Å². The molecule has 0 spiro atoms. The molecule has 78 valence electrons. The molecule has 0 aliphatic carbocycles. The number of hydrogen-bond acceptors (Lipinski definition) is 1. The molecule has 0 amide bonds. The van der Waals surface area contributed by atoms with Gasteiger partial charge in [0.1, 0.15) is 0 Å². The molecule has 1 aromatic carbocycles. The van der Waals surface area contributed by atoms with Gasteiger partial charge in [-0.1, -0.05) is 54.7 Å². The smallest absolute Gasteiger partial charge is 0.0411 e. The van der Waals surface area contributed by atoms with E-state index in [9.17, 15) is 0 Å². The molecule has 0 aliphatic heterocycles. The minimum atomic E-state index is 1.15. The van der Waals surface area contributed by atoms with Gasteiger partial charge in [-0.05, 0) is 18.6 Å². The lowest BCUT2D eigenvalue weighted by molar-refractivity contribution is 1.49. The Morgan fingerprint density at radius 3 is 2.47 bits per heavy atom. The molecule has 1 aromatic rings. The number of anilines is 1. The summed E-state index contributed by atoms with van der Waals surface area (Å²) in [5, 5.41) is 3.16. The molecule has 0 bridgehead atoms. The maximum atomic E-state index is 3.16. The second-order valence-corrected chi connectivity index (χ2v) is 3.11. The lowest BCUT2D eigenvalue weighted by Gasteiger charge is -2.03. The van der Waals surface area contributed by atoms with Crippen molar-refractivity contribution in [1.29, 1.82) is 0 Å². The molecule has 0 saturated carbocycles. The van der Waals surface area contributed by atoms with Crippen LogP contribution in [-0.2, 0) is 0 Å². The lowest BCUT2D eigenvalue weighted by Crippen LogP contribution is -1.89. The summed E-state index contributed by atoms with van der Waals surface area (Å²) >= 11 is 0. The molecule has 0 unspecified atom stereocenters. The number of hydrogen-bond donors (Lipinski definition) is 1. The van der Waals surface area contributed by atoms with Crippen LogP contribution in [0, 0.1) is 0 Å². The molecular weight excluding hydrogens is 182 g/mol. The summed E-state index contributed by atoms with van der Waals surface area (Å²) in [6.45, 7) is 2.00. The first-order valence-corrected chi connectivity index (χ1v) is 5.11. The van der Waals surface area contributed by atoms with Crippen LogP contribution in [0.25, 0.3) is 6.08 Å². The largest absolute Gasteiger partial charge is 0.388 e. The van der Waals surface area contributed by atoms with Gasteiger partial charge in [0.05, 0.1) is 0 Å². The normalized spacial score (nSPS) is 11.9. The van der Waals surface area contributed by atoms with Crippen molar-refractivity contribution < 1.29 is 0 Å². The Balaban J connectivity index is 2.71. The number of para-hydroxylation sites is 1. The van der Waals surface area contributed by atoms with Crippen LogP contribution >= 0.6 is 0 Å². The molecule has 0 saturated heterocycles. The Kier molecular flexibility index (Phi) is 5.02. The van der Waals surface area contributed by atoms with Gasteiger partial charge in [0.15, 0.2) is 0 Å². The monoisotopic (exact) mass is 199 g/mol. The highest BCUT2D eigenvalue weighted by atomic mass is 14.8. The number of nitrogens with one attached hydrogen (secondary N) is 1. The van der Waals surface area contributed by atoms with Crippen molar-refractivity contribution in [3.63, 3.8) is 0 Å². The summed E-state index contributed by atoms with van der Waals surface area (Å²) in [7, 11) is 1.93. The third kappa shape index (κ3) is 3.86. The highest BCUT2D eigenvalue weighted by Crippen LogP contribution is 2.15. The number of rotatable bonds is 4. The molecule has 0 atom stereocenters. The topological polar surface area (TPSA) is 12.0 Å². The van der Waals surface area contributed by atoms with Crippen molar-refractivity contribution in [2.75, 3.05) is 12.4 Å². The van der Waals surface area contributed by atoms with Gasteiger partial charge in [-0.3, -0.25) is 0 Å². The van der Waals surface area contributed by atoms with E-state index < -0.39 is 0 Å². The van der Waals surface area contributed by atoms with Crippen LogP contribution in [0.2, 0.25) is 0 Å². The van der Waals surface area contributed by atoms with E-state index in [1.54, 1.807) is 0 Å². The lowest BCUT2D eigenvalue weighted by atomic mass is 10.1. The Morgan fingerprint density at radius 2 is 1.73 bits per heavy atom. The average Bonchev–Trinajstić information content (AvgIpc) is 2.29. The average molecular weight is 199 g/mol. The predicted molar refractivity (Wildman–Crippen MR) is 69.0 cm³/mol. The second-order valence-electron chi connectivity index (χ2n) is 3.11. The first-order valence-electron chi connectivity index (χ1n) is 5.11. The van der Waals surface area contributed by atoms with Crippen LogP contribution in [-0.4, -0.2) is 7.05 Å². The quantitative estimate of drug-likeness (QED) is 0.726. The van der Waals surface area contributed by atoms with Gasteiger partial charge < -0.3 is 5.32 Å². The van der Waals surface area contributed by atoms with E-state index in [2.05, 4.69) is 23.5 Å². The summed E-state index contributed by atoms with van der Waals surface area (Å²) in [6.07, 6.45) is 12.2. The highest BCUT2D eigenvalue weighted by molar-refractivity contribution is 5.66. The zero-order chi connectivity index (χ0) is 10.9. The zero-order valence-corrected chi connectivity index (χ0v) is 9.27. The first kappa shape index (κ1) is 11.3. The summed E-state index contributed by atoms with van der Waals surface area (Å²) in [6, 6.07) is 8.22. The van der Waals surface area contributed by atoms with E-state index in [1.165, 1.54) is 5.56 Å². The van der Waals surface area contributed by atoms with Crippen LogP contribution in [0.5, 0.6) is 0 Å². The molecule has 15 heavy (non-hydrogen) atoms. The Bertz CT molecular complexity index is 373. The molecule has 0 aliphatic rings. The van der Waals surface area contributed by atoms with Crippen LogP contribution < -0.4 is 5.32 Å². The maximum absolute atomic E-state index is 3.16. The van der Waals surface area contributed by atoms with E-state index in [4.69, 9.17) is 0 Å². The van der Waals surface area contributed by atoms with Gasteiger partial charge in [0.2, 0.25) is 0 Å². The molecule has 0 heterocycles. The number of benzene rings is 1. The minimum absolute atomic E-state index is 1.15. The van der Waals surface area contributed by atoms with Crippen LogP contribution in [0.4, 0.5) is 5.69 Å². The van der Waals surface area contributed by atoms with Crippen LogP contribution in [0.15, 0.2) is 54.6 Å². The van der Waals surface area contributed by atoms with Crippen molar-refractivity contribution >= 4 is 11.8 Å². The predicted octanol–water partition coefficient (Wildman–Crippen LogP) is 3.87. The van der Waals surface area contributed by atoms with E-state index in [1.807, 2.05) is 56.5 Å². The van der Waals surface area contributed by atoms with Gasteiger partial charge in [0.25, 0.3) is 0 Å². The molecule has 1 N–H and O–H groups in total. The summed E-state index contributed by atoms with van der Waals surface area (Å²) in [5.41, 5.74) is 2.35. The van der Waals surface area contributed by atoms with Crippen LogP contribution in [0.1, 0.15) is 12.5 Å². The molecule has 0 radical (unpaired) electrons. The first-order chi connectivity index (χ1) is 7.38. The van der Waals surface area contributed by atoms with Crippen molar-refractivity contribution in [2.45, 2.75) is 6.92 Å². The van der Waals surface area contributed by atoms with E-state index >= 15 is 0 Å². The third-order valence-corrected chi connectivity index (χ3v) is 2.03.